The zero-order valence-corrected chi connectivity index (χ0v) is 10.7. The number of aryl methyl sites for hydroxylation is 1. The number of aromatic nitrogens is 3. The van der Waals surface area contributed by atoms with Crippen LogP contribution in [0.2, 0.25) is 0 Å². The molecule has 2 rings (SSSR count). The van der Waals surface area contributed by atoms with Gasteiger partial charge >= 0.3 is 5.97 Å². The summed E-state index contributed by atoms with van der Waals surface area (Å²) in [6.45, 7) is 0. The van der Waals surface area contributed by atoms with Crippen LogP contribution in [-0.2, 0) is 18.3 Å². The first-order valence-corrected chi connectivity index (χ1v) is 6.33. The van der Waals surface area contributed by atoms with Gasteiger partial charge in [0.15, 0.2) is 0 Å². The molecule has 1 N–H and O–H groups in total. The van der Waals surface area contributed by atoms with Crippen molar-refractivity contribution in [2.45, 2.75) is 16.7 Å². The number of hydrogen-bond acceptors (Lipinski definition) is 4. The molecule has 94 valence electrons. The predicted molar refractivity (Wildman–Crippen MR) is 68.4 cm³/mol. The van der Waals surface area contributed by atoms with Gasteiger partial charge in [0.2, 0.25) is 0 Å². The van der Waals surface area contributed by atoms with E-state index in [-0.39, 0.29) is 0 Å². The van der Waals surface area contributed by atoms with Crippen LogP contribution in [0, 0.1) is 0 Å². The average Bonchev–Trinajstić information content (AvgIpc) is 2.75. The molecule has 6 heteroatoms. The highest BCUT2D eigenvalue weighted by Crippen LogP contribution is 2.24. The third kappa shape index (κ3) is 3.10. The van der Waals surface area contributed by atoms with E-state index in [1.807, 2.05) is 30.3 Å². The van der Waals surface area contributed by atoms with E-state index in [0.29, 0.717) is 6.42 Å². The second-order valence-corrected chi connectivity index (χ2v) is 5.05. The van der Waals surface area contributed by atoms with Crippen LogP contribution in [0.5, 0.6) is 0 Å². The van der Waals surface area contributed by atoms with Crippen LogP contribution < -0.4 is 0 Å². The molecule has 0 bridgehead atoms. The maximum atomic E-state index is 11.3. The first-order chi connectivity index (χ1) is 8.66. The van der Waals surface area contributed by atoms with Gasteiger partial charge in [-0.05, 0) is 12.0 Å². The van der Waals surface area contributed by atoms with Crippen molar-refractivity contribution in [1.29, 1.82) is 0 Å². The lowest BCUT2D eigenvalue weighted by atomic mass is 10.1. The Labute approximate surface area is 109 Å². The van der Waals surface area contributed by atoms with E-state index in [9.17, 15) is 9.90 Å². The molecule has 0 aliphatic carbocycles. The minimum atomic E-state index is -0.829. The molecular weight excluding hydrogens is 250 g/mol. The number of nitrogens with zero attached hydrogens (tertiary/aromatic N) is 3. The number of carbonyl (C=O) groups is 1. The standard InChI is InChI=1S/C12H13N3O2S/c1-15-11(8-13-14-15)18-10(12(16)17)7-9-5-3-2-4-6-9/h2-6,8,10H,7H2,1H3,(H,16,17). The summed E-state index contributed by atoms with van der Waals surface area (Å²) in [5.41, 5.74) is 1.01. The lowest BCUT2D eigenvalue weighted by Crippen LogP contribution is -2.19. The Morgan fingerprint density at radius 2 is 2.17 bits per heavy atom. The summed E-state index contributed by atoms with van der Waals surface area (Å²) in [5, 5.41) is 17.0. The van der Waals surface area contributed by atoms with Crippen molar-refractivity contribution in [1.82, 2.24) is 15.0 Å². The Morgan fingerprint density at radius 1 is 1.44 bits per heavy atom. The second kappa shape index (κ2) is 5.68. The molecule has 1 aromatic heterocycles. The van der Waals surface area contributed by atoms with Crippen LogP contribution in [-0.4, -0.2) is 31.3 Å². The fourth-order valence-electron chi connectivity index (χ4n) is 1.54. The molecule has 1 aromatic carbocycles. The van der Waals surface area contributed by atoms with Crippen molar-refractivity contribution < 1.29 is 9.90 Å². The van der Waals surface area contributed by atoms with Crippen LogP contribution in [0.25, 0.3) is 0 Å². The summed E-state index contributed by atoms with van der Waals surface area (Å²) >= 11 is 1.26. The normalized spacial score (nSPS) is 12.3. The Balaban J connectivity index is 2.10. The minimum Gasteiger partial charge on any atom is -0.480 e. The molecule has 1 heterocycles. The van der Waals surface area contributed by atoms with Crippen molar-refractivity contribution in [2.75, 3.05) is 0 Å². The molecule has 0 radical (unpaired) electrons. The van der Waals surface area contributed by atoms with Gasteiger partial charge in [0.05, 0.1) is 6.20 Å². The van der Waals surface area contributed by atoms with Gasteiger partial charge in [0.25, 0.3) is 0 Å². The van der Waals surface area contributed by atoms with Gasteiger partial charge in [-0.2, -0.15) is 0 Å². The molecule has 0 aliphatic rings. The van der Waals surface area contributed by atoms with Gasteiger partial charge in [-0.3, -0.25) is 4.79 Å². The molecule has 0 amide bonds. The van der Waals surface area contributed by atoms with Crippen molar-refractivity contribution in [3.05, 3.63) is 42.1 Å². The Kier molecular flexibility index (Phi) is 3.99. The predicted octanol–water partition coefficient (Wildman–Crippen LogP) is 1.60. The fraction of sp³-hybridized carbons (Fsp3) is 0.250. The van der Waals surface area contributed by atoms with Gasteiger partial charge in [-0.1, -0.05) is 47.3 Å². The summed E-state index contributed by atoms with van der Waals surface area (Å²) in [4.78, 5) is 11.3. The van der Waals surface area contributed by atoms with E-state index >= 15 is 0 Å². The molecule has 0 saturated heterocycles. The maximum Gasteiger partial charge on any atom is 0.317 e. The topological polar surface area (TPSA) is 68.0 Å². The first kappa shape index (κ1) is 12.6. The first-order valence-electron chi connectivity index (χ1n) is 5.45. The average molecular weight is 263 g/mol. The van der Waals surface area contributed by atoms with Crippen LogP contribution in [0.4, 0.5) is 0 Å². The van der Waals surface area contributed by atoms with Crippen molar-refractivity contribution in [3.63, 3.8) is 0 Å². The number of aliphatic carboxylic acids is 1. The number of benzene rings is 1. The highest BCUT2D eigenvalue weighted by molar-refractivity contribution is 8.00. The van der Waals surface area contributed by atoms with Gasteiger partial charge in [-0.15, -0.1) is 5.10 Å². The van der Waals surface area contributed by atoms with E-state index in [1.54, 1.807) is 17.9 Å². The molecule has 0 saturated carbocycles. The van der Waals surface area contributed by atoms with E-state index in [0.717, 1.165) is 10.6 Å². The van der Waals surface area contributed by atoms with Gasteiger partial charge in [0, 0.05) is 7.05 Å². The van der Waals surface area contributed by atoms with Crippen molar-refractivity contribution >= 4 is 17.7 Å². The third-order valence-electron chi connectivity index (χ3n) is 2.48. The molecule has 5 nitrogen and oxygen atoms in total. The molecule has 0 spiro atoms. The SMILES string of the molecule is Cn1nncc1SC(Cc1ccccc1)C(=O)O. The number of carboxylic acids is 1. The summed E-state index contributed by atoms with van der Waals surface area (Å²) in [6.07, 6.45) is 2.05. The van der Waals surface area contributed by atoms with Gasteiger partial charge in [-0.25, -0.2) is 4.68 Å². The highest BCUT2D eigenvalue weighted by atomic mass is 32.2. The zero-order valence-electron chi connectivity index (χ0n) is 9.85. The van der Waals surface area contributed by atoms with Gasteiger partial charge in [0.1, 0.15) is 10.3 Å². The monoisotopic (exact) mass is 263 g/mol. The highest BCUT2D eigenvalue weighted by Gasteiger charge is 2.21. The zero-order chi connectivity index (χ0) is 13.0. The smallest absolute Gasteiger partial charge is 0.317 e. The van der Waals surface area contributed by atoms with Crippen LogP contribution in [0.1, 0.15) is 5.56 Å². The van der Waals surface area contributed by atoms with Crippen molar-refractivity contribution in [3.8, 4) is 0 Å². The molecule has 1 atom stereocenters. The number of carboxylic acid groups (broad SMARTS) is 1. The summed E-state index contributed by atoms with van der Waals surface area (Å²) in [6, 6.07) is 9.59. The molecule has 18 heavy (non-hydrogen) atoms. The van der Waals surface area contributed by atoms with E-state index in [2.05, 4.69) is 10.3 Å². The number of thioether (sulfide) groups is 1. The lowest BCUT2D eigenvalue weighted by Gasteiger charge is -2.11. The Morgan fingerprint density at radius 3 is 2.72 bits per heavy atom. The molecule has 0 aliphatic heterocycles. The minimum absolute atomic E-state index is 0.478. The van der Waals surface area contributed by atoms with E-state index in [4.69, 9.17) is 0 Å². The van der Waals surface area contributed by atoms with E-state index < -0.39 is 11.2 Å². The lowest BCUT2D eigenvalue weighted by molar-refractivity contribution is -0.136. The Bertz CT molecular complexity index is 527. The van der Waals surface area contributed by atoms with Crippen LogP contribution in [0.3, 0.4) is 0 Å². The Hall–Kier alpha value is -1.82. The summed E-state index contributed by atoms with van der Waals surface area (Å²) < 4.78 is 1.58. The van der Waals surface area contributed by atoms with Crippen LogP contribution >= 0.6 is 11.8 Å². The van der Waals surface area contributed by atoms with E-state index in [1.165, 1.54) is 11.8 Å². The van der Waals surface area contributed by atoms with Crippen molar-refractivity contribution in [2.24, 2.45) is 7.05 Å². The largest absolute Gasteiger partial charge is 0.480 e. The molecule has 0 fully saturated rings. The quantitative estimate of drug-likeness (QED) is 0.830. The van der Waals surface area contributed by atoms with Crippen LogP contribution in [0.15, 0.2) is 41.6 Å². The number of hydrogen-bond donors (Lipinski definition) is 1. The second-order valence-electron chi connectivity index (χ2n) is 3.83. The summed E-state index contributed by atoms with van der Waals surface area (Å²) in [5.74, 6) is -0.829. The van der Waals surface area contributed by atoms with Gasteiger partial charge < -0.3 is 5.11 Å². The number of rotatable bonds is 5. The maximum absolute atomic E-state index is 11.3. The molecule has 2 aromatic rings. The molecule has 1 unspecified atom stereocenters. The fourth-order valence-corrected chi connectivity index (χ4v) is 2.51. The molecular formula is C12H13N3O2S. The summed E-state index contributed by atoms with van der Waals surface area (Å²) in [7, 11) is 1.75. The third-order valence-corrected chi connectivity index (χ3v) is 3.74.